The van der Waals surface area contributed by atoms with Crippen molar-refractivity contribution in [2.45, 2.75) is 19.2 Å². The van der Waals surface area contributed by atoms with Crippen molar-refractivity contribution in [2.24, 2.45) is 0 Å². The average molecular weight is 507 g/mol. The molecule has 4 aromatic rings. The van der Waals surface area contributed by atoms with E-state index in [9.17, 15) is 14.7 Å². The van der Waals surface area contributed by atoms with Gasteiger partial charge < -0.3 is 19.5 Å². The van der Waals surface area contributed by atoms with E-state index in [0.29, 0.717) is 29.2 Å². The van der Waals surface area contributed by atoms with E-state index in [1.54, 1.807) is 60.9 Å². The summed E-state index contributed by atoms with van der Waals surface area (Å²) in [5, 5.41) is 11.4. The van der Waals surface area contributed by atoms with E-state index < -0.39 is 17.7 Å². The molecule has 1 aliphatic heterocycles. The molecule has 0 spiro atoms. The summed E-state index contributed by atoms with van der Waals surface area (Å²) in [5.41, 5.74) is 2.79. The summed E-state index contributed by atoms with van der Waals surface area (Å²) >= 11 is 0. The molecule has 1 aromatic heterocycles. The van der Waals surface area contributed by atoms with Crippen LogP contribution in [-0.2, 0) is 22.7 Å². The van der Waals surface area contributed by atoms with Crippen molar-refractivity contribution < 1.29 is 24.2 Å². The van der Waals surface area contributed by atoms with Gasteiger partial charge in [-0.3, -0.25) is 14.6 Å². The number of nitrogens with zero attached hydrogens (tertiary/aromatic N) is 2. The maximum absolute atomic E-state index is 13.3. The average Bonchev–Trinajstić information content (AvgIpc) is 3.21. The van der Waals surface area contributed by atoms with Crippen LogP contribution in [0.2, 0.25) is 0 Å². The predicted octanol–water partition coefficient (Wildman–Crippen LogP) is 5.29. The number of ether oxygens (including phenoxy) is 2. The number of benzene rings is 3. The van der Waals surface area contributed by atoms with Crippen LogP contribution >= 0.6 is 0 Å². The minimum atomic E-state index is -0.847. The van der Waals surface area contributed by atoms with E-state index >= 15 is 0 Å². The van der Waals surface area contributed by atoms with Crippen molar-refractivity contribution in [3.63, 3.8) is 0 Å². The summed E-state index contributed by atoms with van der Waals surface area (Å²) in [4.78, 5) is 32.2. The van der Waals surface area contributed by atoms with Crippen LogP contribution in [0.15, 0.2) is 109 Å². The summed E-state index contributed by atoms with van der Waals surface area (Å²) < 4.78 is 11.4. The number of likely N-dealkylation sites (tertiary alicyclic amines) is 1. The monoisotopic (exact) mass is 506 g/mol. The maximum Gasteiger partial charge on any atom is 0.295 e. The Morgan fingerprint density at radius 3 is 2.32 bits per heavy atom. The van der Waals surface area contributed by atoms with Crippen molar-refractivity contribution in [2.75, 3.05) is 7.11 Å². The highest BCUT2D eigenvalue weighted by molar-refractivity contribution is 6.46. The molecule has 190 valence electrons. The molecule has 7 nitrogen and oxygen atoms in total. The molecule has 1 N–H and O–H groups in total. The molecule has 0 saturated carbocycles. The maximum atomic E-state index is 13.3. The fraction of sp³-hybridized carbons (Fsp3) is 0.129. The Bertz CT molecular complexity index is 1470. The molecule has 1 unspecified atom stereocenters. The quantitative estimate of drug-likeness (QED) is 0.198. The lowest BCUT2D eigenvalue weighted by Gasteiger charge is -2.26. The normalized spacial score (nSPS) is 16.4. The van der Waals surface area contributed by atoms with Gasteiger partial charge in [-0.15, -0.1) is 0 Å². The number of para-hydroxylation sites is 1. The third kappa shape index (κ3) is 4.99. The number of pyridine rings is 1. The topological polar surface area (TPSA) is 89.0 Å². The van der Waals surface area contributed by atoms with E-state index in [4.69, 9.17) is 9.47 Å². The number of methoxy groups -OCH3 is 1. The van der Waals surface area contributed by atoms with Crippen LogP contribution < -0.4 is 9.47 Å². The van der Waals surface area contributed by atoms with Gasteiger partial charge in [0.2, 0.25) is 0 Å². The molecule has 1 amide bonds. The molecule has 2 heterocycles. The Kier molecular flexibility index (Phi) is 7.17. The van der Waals surface area contributed by atoms with E-state index in [2.05, 4.69) is 4.98 Å². The molecule has 1 atom stereocenters. The molecular formula is C31H26N2O5. The Balaban J connectivity index is 1.51. The molecule has 38 heavy (non-hydrogen) atoms. The second kappa shape index (κ2) is 11.0. The van der Waals surface area contributed by atoms with E-state index in [0.717, 1.165) is 11.1 Å². The van der Waals surface area contributed by atoms with Crippen molar-refractivity contribution in [1.29, 1.82) is 0 Å². The molecule has 0 aliphatic carbocycles. The van der Waals surface area contributed by atoms with Crippen LogP contribution in [0.5, 0.6) is 11.5 Å². The van der Waals surface area contributed by atoms with Gasteiger partial charge in [-0.1, -0.05) is 54.6 Å². The SMILES string of the molecule is COc1ccccc1C1/C(=C(/O)c2ccc(OCc3ccccc3)cc2)C(=O)C(=O)N1Cc1cccnc1. The van der Waals surface area contributed by atoms with Gasteiger partial charge in [-0.2, -0.15) is 0 Å². The zero-order chi connectivity index (χ0) is 26.5. The highest BCUT2D eigenvalue weighted by Crippen LogP contribution is 2.43. The lowest BCUT2D eigenvalue weighted by atomic mass is 9.94. The number of hydrogen-bond acceptors (Lipinski definition) is 6. The lowest BCUT2D eigenvalue weighted by molar-refractivity contribution is -0.140. The van der Waals surface area contributed by atoms with Crippen LogP contribution in [0.4, 0.5) is 0 Å². The molecule has 1 fully saturated rings. The van der Waals surface area contributed by atoms with Crippen LogP contribution in [-0.4, -0.2) is 33.8 Å². The third-order valence-electron chi connectivity index (χ3n) is 6.43. The Hall–Kier alpha value is -4.91. The first-order chi connectivity index (χ1) is 18.6. The largest absolute Gasteiger partial charge is 0.507 e. The molecule has 0 radical (unpaired) electrons. The molecular weight excluding hydrogens is 480 g/mol. The van der Waals surface area contributed by atoms with E-state index in [1.807, 2.05) is 42.5 Å². The number of ketones is 1. The molecule has 1 aliphatic rings. The van der Waals surface area contributed by atoms with Gasteiger partial charge in [-0.05, 0) is 47.5 Å². The Morgan fingerprint density at radius 1 is 0.895 bits per heavy atom. The van der Waals surface area contributed by atoms with Crippen LogP contribution in [0.1, 0.15) is 28.3 Å². The summed E-state index contributed by atoms with van der Waals surface area (Å²) in [6.45, 7) is 0.545. The van der Waals surface area contributed by atoms with E-state index in [-0.39, 0.29) is 17.9 Å². The summed E-state index contributed by atoms with van der Waals surface area (Å²) in [7, 11) is 1.53. The number of aromatic nitrogens is 1. The highest BCUT2D eigenvalue weighted by Gasteiger charge is 2.47. The van der Waals surface area contributed by atoms with Gasteiger partial charge in [-0.25, -0.2) is 0 Å². The van der Waals surface area contributed by atoms with Crippen molar-refractivity contribution in [3.8, 4) is 11.5 Å². The fourth-order valence-corrected chi connectivity index (χ4v) is 4.55. The number of aliphatic hydroxyl groups excluding tert-OH is 1. The first-order valence-electron chi connectivity index (χ1n) is 12.1. The number of carbonyl (C=O) groups is 2. The second-order valence-electron chi connectivity index (χ2n) is 8.83. The Labute approximate surface area is 220 Å². The third-order valence-corrected chi connectivity index (χ3v) is 6.43. The summed E-state index contributed by atoms with van der Waals surface area (Å²) in [6.07, 6.45) is 3.29. The van der Waals surface area contributed by atoms with Gasteiger partial charge in [0.1, 0.15) is 23.9 Å². The fourth-order valence-electron chi connectivity index (χ4n) is 4.55. The van der Waals surface area contributed by atoms with E-state index in [1.165, 1.54) is 12.0 Å². The number of rotatable bonds is 8. The Morgan fingerprint density at radius 2 is 1.61 bits per heavy atom. The zero-order valence-electron chi connectivity index (χ0n) is 20.8. The number of carbonyl (C=O) groups excluding carboxylic acids is 2. The van der Waals surface area contributed by atoms with Gasteiger partial charge in [0.15, 0.2) is 0 Å². The molecule has 7 heteroatoms. The first-order valence-corrected chi connectivity index (χ1v) is 12.1. The molecule has 5 rings (SSSR count). The highest BCUT2D eigenvalue weighted by atomic mass is 16.5. The van der Waals surface area contributed by atoms with Gasteiger partial charge >= 0.3 is 0 Å². The van der Waals surface area contributed by atoms with Gasteiger partial charge in [0, 0.05) is 30.1 Å². The minimum absolute atomic E-state index is 0.00124. The van der Waals surface area contributed by atoms with Gasteiger partial charge in [0.05, 0.1) is 18.7 Å². The minimum Gasteiger partial charge on any atom is -0.507 e. The standard InChI is InChI=1S/C31H26N2O5/c1-37-26-12-6-5-11-25(26)28-27(30(35)31(36)33(28)19-22-10-7-17-32-18-22)29(34)23-13-15-24(16-14-23)38-20-21-8-3-2-4-9-21/h2-18,28,34H,19-20H2,1H3/b29-27-. The number of amides is 1. The van der Waals surface area contributed by atoms with Crippen molar-refractivity contribution in [1.82, 2.24) is 9.88 Å². The number of hydrogen-bond donors (Lipinski definition) is 1. The first kappa shape index (κ1) is 24.8. The number of Topliss-reactive ketones (excluding diaryl/α,β-unsaturated/α-hetero) is 1. The summed E-state index contributed by atoms with van der Waals surface area (Å²) in [6, 6.07) is 26.5. The predicted molar refractivity (Wildman–Crippen MR) is 142 cm³/mol. The number of aliphatic hydroxyl groups is 1. The molecule has 3 aromatic carbocycles. The van der Waals surface area contributed by atoms with Crippen molar-refractivity contribution >= 4 is 17.4 Å². The van der Waals surface area contributed by atoms with Crippen LogP contribution in [0, 0.1) is 0 Å². The molecule has 1 saturated heterocycles. The van der Waals surface area contributed by atoms with Crippen LogP contribution in [0.3, 0.4) is 0 Å². The van der Waals surface area contributed by atoms with Crippen molar-refractivity contribution in [3.05, 3.63) is 131 Å². The van der Waals surface area contributed by atoms with Crippen LogP contribution in [0.25, 0.3) is 5.76 Å². The summed E-state index contributed by atoms with van der Waals surface area (Å²) in [5.74, 6) is -0.599. The lowest BCUT2D eigenvalue weighted by Crippen LogP contribution is -2.29. The van der Waals surface area contributed by atoms with Gasteiger partial charge in [0.25, 0.3) is 11.7 Å². The zero-order valence-corrected chi connectivity index (χ0v) is 20.8. The molecule has 0 bridgehead atoms. The second-order valence-corrected chi connectivity index (χ2v) is 8.83. The smallest absolute Gasteiger partial charge is 0.295 e.